The molecule has 1 unspecified atom stereocenters. The van der Waals surface area contributed by atoms with E-state index in [2.05, 4.69) is 15.5 Å². The molecule has 0 aromatic heterocycles. The number of hydrazone groups is 1. The molecule has 2 rings (SSSR count). The molecule has 1 heterocycles. The Morgan fingerprint density at radius 2 is 1.79 bits per heavy atom. The molecule has 3 N–H and O–H groups in total. The average molecular weight is 260 g/mol. The molecule has 1 atom stereocenters. The molecule has 1 aromatic carbocycles. The Bertz CT molecular complexity index is 500. The van der Waals surface area contributed by atoms with Crippen molar-refractivity contribution in [2.24, 2.45) is 15.8 Å². The lowest BCUT2D eigenvalue weighted by atomic mass is 10.2. The first-order valence-electron chi connectivity index (χ1n) is 6.10. The Labute approximate surface area is 113 Å². The van der Waals surface area contributed by atoms with E-state index in [1.54, 1.807) is 0 Å². The molecule has 0 fully saturated rings. The van der Waals surface area contributed by atoms with Crippen LogP contribution in [-0.2, 0) is 0 Å². The number of nitrogens with one attached hydrogen (secondary N) is 1. The summed E-state index contributed by atoms with van der Waals surface area (Å²) >= 11 is 0. The van der Waals surface area contributed by atoms with Gasteiger partial charge in [-0.25, -0.2) is 4.99 Å². The largest absolute Gasteiger partial charge is 0.381 e. The lowest BCUT2D eigenvalue weighted by Gasteiger charge is -2.19. The number of rotatable bonds is 3. The van der Waals surface area contributed by atoms with E-state index in [9.17, 15) is 0 Å². The number of anilines is 1. The van der Waals surface area contributed by atoms with Crippen LogP contribution in [0.2, 0.25) is 0 Å². The maximum Gasteiger partial charge on any atom is 0.168 e. The predicted octanol–water partition coefficient (Wildman–Crippen LogP) is 0.588. The molecular weight excluding hydrogens is 240 g/mol. The van der Waals surface area contributed by atoms with E-state index in [1.807, 2.05) is 62.3 Å². The molecule has 6 nitrogen and oxygen atoms in total. The Morgan fingerprint density at radius 1 is 1.16 bits per heavy atom. The highest BCUT2D eigenvalue weighted by Gasteiger charge is 2.26. The molecule has 19 heavy (non-hydrogen) atoms. The van der Waals surface area contributed by atoms with Gasteiger partial charge in [-0.15, -0.1) is 0 Å². The number of aliphatic imine (C=N–C) groups is 1. The van der Waals surface area contributed by atoms with Crippen LogP contribution in [0.15, 0.2) is 34.4 Å². The minimum atomic E-state index is -0.0754. The monoisotopic (exact) mass is 260 g/mol. The summed E-state index contributed by atoms with van der Waals surface area (Å²) in [7, 11) is 7.93. The van der Waals surface area contributed by atoms with Crippen LogP contribution in [0, 0.1) is 0 Å². The minimum absolute atomic E-state index is 0.0754. The van der Waals surface area contributed by atoms with E-state index in [-0.39, 0.29) is 6.17 Å². The summed E-state index contributed by atoms with van der Waals surface area (Å²) in [6.07, 6.45) is -0.0754. The van der Waals surface area contributed by atoms with E-state index in [4.69, 9.17) is 5.73 Å². The Morgan fingerprint density at radius 3 is 2.32 bits per heavy atom. The van der Waals surface area contributed by atoms with Gasteiger partial charge in [0.1, 0.15) is 11.9 Å². The average Bonchev–Trinajstić information content (AvgIpc) is 2.72. The molecule has 0 radical (unpaired) electrons. The van der Waals surface area contributed by atoms with E-state index in [0.29, 0.717) is 5.84 Å². The zero-order valence-electron chi connectivity index (χ0n) is 11.8. The number of hydrogen-bond donors (Lipinski definition) is 2. The highest BCUT2D eigenvalue weighted by atomic mass is 15.4. The number of amidine groups is 1. The molecule has 0 amide bonds. The molecule has 0 bridgehead atoms. The highest BCUT2D eigenvalue weighted by molar-refractivity contribution is 6.44. The van der Waals surface area contributed by atoms with E-state index in [0.717, 1.165) is 17.1 Å². The van der Waals surface area contributed by atoms with Crippen LogP contribution in [-0.4, -0.2) is 50.8 Å². The number of hydrogen-bond acceptors (Lipinski definition) is 6. The molecular formula is C13H20N6. The van der Waals surface area contributed by atoms with Crippen molar-refractivity contribution in [2.75, 3.05) is 33.1 Å². The minimum Gasteiger partial charge on any atom is -0.381 e. The van der Waals surface area contributed by atoms with Crippen LogP contribution >= 0.6 is 0 Å². The van der Waals surface area contributed by atoms with Crippen molar-refractivity contribution in [3.8, 4) is 0 Å². The third kappa shape index (κ3) is 2.85. The second kappa shape index (κ2) is 5.27. The van der Waals surface area contributed by atoms with Gasteiger partial charge >= 0.3 is 0 Å². The second-order valence-electron chi connectivity index (χ2n) is 4.90. The van der Waals surface area contributed by atoms with Crippen molar-refractivity contribution in [3.63, 3.8) is 0 Å². The Hall–Kier alpha value is -2.08. The molecule has 0 spiro atoms. The third-order valence-electron chi connectivity index (χ3n) is 2.96. The van der Waals surface area contributed by atoms with Crippen molar-refractivity contribution in [2.45, 2.75) is 6.17 Å². The first-order valence-corrected chi connectivity index (χ1v) is 6.10. The van der Waals surface area contributed by atoms with Crippen molar-refractivity contribution in [3.05, 3.63) is 24.3 Å². The Kier molecular flexibility index (Phi) is 3.71. The quantitative estimate of drug-likeness (QED) is 0.834. The number of nitrogens with two attached hydrogens (primary N) is 1. The van der Waals surface area contributed by atoms with Crippen LogP contribution < -0.4 is 16.1 Å². The van der Waals surface area contributed by atoms with E-state index in [1.165, 1.54) is 0 Å². The molecule has 1 aliphatic heterocycles. The first kappa shape index (κ1) is 13.4. The lowest BCUT2D eigenvalue weighted by molar-refractivity contribution is 0.326. The van der Waals surface area contributed by atoms with Gasteiger partial charge in [-0.1, -0.05) is 0 Å². The van der Waals surface area contributed by atoms with Gasteiger partial charge in [0.2, 0.25) is 0 Å². The van der Waals surface area contributed by atoms with E-state index >= 15 is 0 Å². The van der Waals surface area contributed by atoms with Crippen LogP contribution in [0.4, 0.5) is 11.4 Å². The van der Waals surface area contributed by atoms with Gasteiger partial charge in [0.05, 0.1) is 5.69 Å². The summed E-state index contributed by atoms with van der Waals surface area (Å²) in [5.74, 6) is 0.440. The first-order chi connectivity index (χ1) is 8.99. The molecule has 0 saturated carbocycles. The van der Waals surface area contributed by atoms with Crippen LogP contribution in [0.1, 0.15) is 0 Å². The maximum atomic E-state index is 5.85. The van der Waals surface area contributed by atoms with Crippen molar-refractivity contribution >= 4 is 22.9 Å². The topological polar surface area (TPSA) is 69.2 Å². The van der Waals surface area contributed by atoms with Gasteiger partial charge in [0.15, 0.2) is 5.84 Å². The second-order valence-corrected chi connectivity index (χ2v) is 4.90. The molecule has 1 aliphatic rings. The van der Waals surface area contributed by atoms with Crippen LogP contribution in [0.25, 0.3) is 0 Å². The fourth-order valence-corrected chi connectivity index (χ4v) is 1.83. The van der Waals surface area contributed by atoms with E-state index < -0.39 is 0 Å². The fraction of sp³-hybridized carbons (Fsp3) is 0.385. The normalized spacial score (nSPS) is 20.6. The molecule has 1 aromatic rings. The smallest absolute Gasteiger partial charge is 0.168 e. The van der Waals surface area contributed by atoms with Gasteiger partial charge in [-0.05, 0) is 38.4 Å². The summed E-state index contributed by atoms with van der Waals surface area (Å²) in [5, 5.41) is 4.03. The third-order valence-corrected chi connectivity index (χ3v) is 2.96. The van der Waals surface area contributed by atoms with Gasteiger partial charge in [-0.2, -0.15) is 5.10 Å². The Balaban J connectivity index is 2.26. The zero-order chi connectivity index (χ0) is 14.0. The molecule has 0 saturated heterocycles. The highest BCUT2D eigenvalue weighted by Crippen LogP contribution is 2.19. The fourth-order valence-electron chi connectivity index (χ4n) is 1.83. The van der Waals surface area contributed by atoms with Crippen molar-refractivity contribution < 1.29 is 0 Å². The number of benzene rings is 1. The van der Waals surface area contributed by atoms with Gasteiger partial charge in [0.25, 0.3) is 0 Å². The maximum absolute atomic E-state index is 5.85. The van der Waals surface area contributed by atoms with Crippen molar-refractivity contribution in [1.82, 2.24) is 10.3 Å². The summed E-state index contributed by atoms with van der Waals surface area (Å²) < 4.78 is 0. The number of nitrogens with zero attached hydrogens (tertiary/aromatic N) is 4. The SMILES string of the molecule is CN(C)c1ccc(N=C2C(N)=NNC2N(C)C)cc1. The standard InChI is InChI=1S/C13H20N6/c1-18(2)10-7-5-9(6-8-10)15-11-12(14)16-17-13(11)19(3)4/h5-8,13,17H,1-4H3,(H2,14,16). The zero-order valence-corrected chi connectivity index (χ0v) is 11.8. The summed E-state index contributed by atoms with van der Waals surface area (Å²) in [5.41, 5.74) is 11.6. The summed E-state index contributed by atoms with van der Waals surface area (Å²) in [4.78, 5) is 8.61. The molecule has 102 valence electrons. The molecule has 0 aliphatic carbocycles. The summed E-state index contributed by atoms with van der Waals surface area (Å²) in [6, 6.07) is 8.00. The van der Waals surface area contributed by atoms with Crippen molar-refractivity contribution in [1.29, 1.82) is 0 Å². The van der Waals surface area contributed by atoms with Gasteiger partial charge in [-0.3, -0.25) is 10.3 Å². The van der Waals surface area contributed by atoms with Gasteiger partial charge in [0, 0.05) is 19.8 Å². The van der Waals surface area contributed by atoms with Crippen LogP contribution in [0.5, 0.6) is 0 Å². The van der Waals surface area contributed by atoms with Gasteiger partial charge < -0.3 is 10.6 Å². The predicted molar refractivity (Wildman–Crippen MR) is 80.1 cm³/mol. The lowest BCUT2D eigenvalue weighted by Crippen LogP contribution is -2.43. The van der Waals surface area contributed by atoms with Crippen LogP contribution in [0.3, 0.4) is 0 Å². The summed E-state index contributed by atoms with van der Waals surface area (Å²) in [6.45, 7) is 0. The molecule has 6 heteroatoms.